The molecule has 0 spiro atoms. The second-order valence-electron chi connectivity index (χ2n) is 4.15. The molecule has 1 aromatic heterocycles. The minimum absolute atomic E-state index is 0.191. The highest BCUT2D eigenvalue weighted by Gasteiger charge is 2.16. The molecule has 0 atom stereocenters. The molecule has 0 amide bonds. The quantitative estimate of drug-likeness (QED) is 0.879. The topological polar surface area (TPSA) is 79.0 Å². The number of rotatable bonds is 5. The highest BCUT2D eigenvalue weighted by atomic mass is 35.5. The molecule has 0 fully saturated rings. The largest absolute Gasteiger partial charge is 0.366 e. The van der Waals surface area contributed by atoms with Gasteiger partial charge in [0, 0.05) is 30.0 Å². The smallest absolute Gasteiger partial charge is 0.245 e. The summed E-state index contributed by atoms with van der Waals surface area (Å²) in [5.41, 5.74) is 0.376. The van der Waals surface area contributed by atoms with Crippen molar-refractivity contribution < 1.29 is 8.42 Å². The van der Waals surface area contributed by atoms with Gasteiger partial charge in [0.05, 0.1) is 0 Å². The van der Waals surface area contributed by atoms with Gasteiger partial charge in [-0.15, -0.1) is 0 Å². The summed E-state index contributed by atoms with van der Waals surface area (Å²) in [6.45, 7) is 0.191. The van der Waals surface area contributed by atoms with Crippen molar-refractivity contribution in [2.24, 2.45) is 0 Å². The Bertz CT molecular complexity index is 756. The highest BCUT2D eigenvalue weighted by Crippen LogP contribution is 2.11. The van der Waals surface area contributed by atoms with Crippen LogP contribution >= 0.6 is 11.6 Å². The molecule has 0 radical (unpaired) electrons. The molecule has 1 heterocycles. The van der Waals surface area contributed by atoms with Crippen molar-refractivity contribution in [3.63, 3.8) is 0 Å². The fraction of sp³-hybridized carbons (Fsp3) is 0.154. The molecule has 0 bridgehead atoms. The lowest BCUT2D eigenvalue weighted by atomic mass is 10.2. The third-order valence-corrected chi connectivity index (χ3v) is 4.39. The summed E-state index contributed by atoms with van der Waals surface area (Å²) >= 11 is 5.85. The van der Waals surface area contributed by atoms with Gasteiger partial charge in [0.2, 0.25) is 15.5 Å². The molecule has 0 saturated carbocycles. The summed E-state index contributed by atoms with van der Waals surface area (Å²) in [6.07, 6.45) is 3.04. The first-order valence-electron chi connectivity index (χ1n) is 5.90. The lowest BCUT2D eigenvalue weighted by Crippen LogP contribution is -2.29. The predicted molar refractivity (Wildman–Crippen MR) is 77.4 cm³/mol. The molecule has 2 rings (SSSR count). The molecule has 106 valence electrons. The molecular weight excluding hydrogens is 300 g/mol. The second-order valence-corrected chi connectivity index (χ2v) is 6.32. The first-order chi connectivity index (χ1) is 9.49. The van der Waals surface area contributed by atoms with E-state index in [1.54, 1.807) is 18.2 Å². The van der Waals surface area contributed by atoms with Crippen molar-refractivity contribution in [2.75, 3.05) is 6.54 Å². The van der Waals surface area contributed by atoms with E-state index < -0.39 is 15.5 Å². The number of sulfonamides is 1. The number of hydrogen-bond donors (Lipinski definition) is 2. The summed E-state index contributed by atoms with van der Waals surface area (Å²) in [4.78, 5) is 13.8. The predicted octanol–water partition coefficient (Wildman–Crippen LogP) is 1.55. The van der Waals surface area contributed by atoms with Gasteiger partial charge in [-0.1, -0.05) is 23.7 Å². The fourth-order valence-corrected chi connectivity index (χ4v) is 3.01. The van der Waals surface area contributed by atoms with E-state index in [9.17, 15) is 13.2 Å². The Labute approximate surface area is 121 Å². The van der Waals surface area contributed by atoms with Gasteiger partial charge >= 0.3 is 0 Å². The second kappa shape index (κ2) is 6.21. The van der Waals surface area contributed by atoms with Crippen molar-refractivity contribution in [3.8, 4) is 0 Å². The van der Waals surface area contributed by atoms with Crippen LogP contribution in [0.3, 0.4) is 0 Å². The summed E-state index contributed by atoms with van der Waals surface area (Å²) in [5, 5.41) is 0.602. The zero-order valence-electron chi connectivity index (χ0n) is 10.5. The Morgan fingerprint density at radius 3 is 2.75 bits per heavy atom. The van der Waals surface area contributed by atoms with Crippen LogP contribution in [-0.4, -0.2) is 19.9 Å². The first kappa shape index (κ1) is 14.8. The van der Waals surface area contributed by atoms with Crippen LogP contribution < -0.4 is 10.2 Å². The maximum atomic E-state index is 12.0. The van der Waals surface area contributed by atoms with Gasteiger partial charge in [0.15, 0.2) is 0 Å². The van der Waals surface area contributed by atoms with Crippen LogP contribution in [0.2, 0.25) is 5.02 Å². The van der Waals surface area contributed by atoms with Crippen molar-refractivity contribution in [1.82, 2.24) is 9.71 Å². The minimum atomic E-state index is -3.80. The zero-order chi connectivity index (χ0) is 14.6. The third kappa shape index (κ3) is 3.69. The standard InChI is InChI=1S/C13H13ClN2O3S/c14-11-3-1-2-10(8-11)4-7-16-20(18,19)13-9-15-6-5-12(13)17/h1-3,5-6,8-9,16H,4,7H2,(H,15,17). The normalized spacial score (nSPS) is 11.4. The molecule has 1 aromatic carbocycles. The number of benzene rings is 1. The van der Waals surface area contributed by atoms with Crippen LogP contribution in [-0.2, 0) is 16.4 Å². The Morgan fingerprint density at radius 1 is 1.25 bits per heavy atom. The van der Waals surface area contributed by atoms with Gasteiger partial charge in [-0.3, -0.25) is 4.79 Å². The molecule has 7 heteroatoms. The van der Waals surface area contributed by atoms with Gasteiger partial charge in [-0.25, -0.2) is 13.1 Å². The van der Waals surface area contributed by atoms with Gasteiger partial charge in [0.25, 0.3) is 0 Å². The highest BCUT2D eigenvalue weighted by molar-refractivity contribution is 7.89. The van der Waals surface area contributed by atoms with E-state index in [-0.39, 0.29) is 11.4 Å². The van der Waals surface area contributed by atoms with Gasteiger partial charge in [-0.05, 0) is 24.1 Å². The molecule has 0 aliphatic carbocycles. The maximum Gasteiger partial charge on any atom is 0.245 e. The van der Waals surface area contributed by atoms with Crippen molar-refractivity contribution >= 4 is 21.6 Å². The number of hydrogen-bond acceptors (Lipinski definition) is 3. The van der Waals surface area contributed by atoms with Crippen LogP contribution in [0, 0.1) is 0 Å². The van der Waals surface area contributed by atoms with Crippen LogP contribution in [0.15, 0.2) is 52.4 Å². The van der Waals surface area contributed by atoms with E-state index in [0.29, 0.717) is 11.4 Å². The zero-order valence-corrected chi connectivity index (χ0v) is 12.0. The third-order valence-electron chi connectivity index (χ3n) is 2.67. The maximum absolute atomic E-state index is 12.0. The summed E-state index contributed by atoms with van der Waals surface area (Å²) in [5.74, 6) is 0. The molecule has 0 unspecified atom stereocenters. The van der Waals surface area contributed by atoms with Crippen molar-refractivity contribution in [2.45, 2.75) is 11.3 Å². The van der Waals surface area contributed by atoms with Gasteiger partial charge in [0.1, 0.15) is 4.90 Å². The van der Waals surface area contributed by atoms with Crippen LogP contribution in [0.1, 0.15) is 5.56 Å². The lowest BCUT2D eigenvalue weighted by Gasteiger charge is -2.06. The number of aromatic nitrogens is 1. The SMILES string of the molecule is O=c1cc[nH]cc1S(=O)(=O)NCCc1cccc(Cl)c1. The molecular formula is C13H13ClN2O3S. The number of H-pyrrole nitrogens is 1. The molecule has 5 nitrogen and oxygen atoms in total. The summed E-state index contributed by atoms with van der Waals surface area (Å²) in [6, 6.07) is 8.35. The average Bonchev–Trinajstić information content (AvgIpc) is 2.39. The number of halogens is 1. The van der Waals surface area contributed by atoms with Gasteiger partial charge < -0.3 is 4.98 Å². The van der Waals surface area contributed by atoms with Crippen LogP contribution in [0.25, 0.3) is 0 Å². The number of aromatic amines is 1. The fourth-order valence-electron chi connectivity index (χ4n) is 1.71. The van der Waals surface area contributed by atoms with Gasteiger partial charge in [-0.2, -0.15) is 0 Å². The minimum Gasteiger partial charge on any atom is -0.366 e. The lowest BCUT2D eigenvalue weighted by molar-refractivity contribution is 0.580. The molecule has 2 N–H and O–H groups in total. The summed E-state index contributed by atoms with van der Waals surface area (Å²) in [7, 11) is -3.80. The van der Waals surface area contributed by atoms with E-state index in [0.717, 1.165) is 5.56 Å². The Hall–Kier alpha value is -1.63. The van der Waals surface area contributed by atoms with E-state index in [4.69, 9.17) is 11.6 Å². The summed E-state index contributed by atoms with van der Waals surface area (Å²) < 4.78 is 26.3. The molecule has 20 heavy (non-hydrogen) atoms. The Balaban J connectivity index is 2.04. The Kier molecular flexibility index (Phi) is 4.59. The molecule has 0 aliphatic rings. The van der Waals surface area contributed by atoms with Crippen LogP contribution in [0.4, 0.5) is 0 Å². The average molecular weight is 313 g/mol. The monoisotopic (exact) mass is 312 g/mol. The van der Waals surface area contributed by atoms with E-state index in [1.807, 2.05) is 6.07 Å². The van der Waals surface area contributed by atoms with E-state index in [2.05, 4.69) is 9.71 Å². The van der Waals surface area contributed by atoms with E-state index in [1.165, 1.54) is 18.5 Å². The Morgan fingerprint density at radius 2 is 2.05 bits per heavy atom. The first-order valence-corrected chi connectivity index (χ1v) is 7.76. The van der Waals surface area contributed by atoms with Crippen molar-refractivity contribution in [1.29, 1.82) is 0 Å². The molecule has 2 aromatic rings. The number of nitrogens with one attached hydrogen (secondary N) is 2. The molecule has 0 saturated heterocycles. The van der Waals surface area contributed by atoms with E-state index >= 15 is 0 Å². The molecule has 0 aliphatic heterocycles. The number of pyridine rings is 1. The van der Waals surface area contributed by atoms with Crippen molar-refractivity contribution in [3.05, 3.63) is 63.5 Å². The van der Waals surface area contributed by atoms with Crippen LogP contribution in [0.5, 0.6) is 0 Å².